The topological polar surface area (TPSA) is 29.1 Å². The molecule has 0 saturated heterocycles. The number of anilines is 1. The number of rotatable bonds is 2. The van der Waals surface area contributed by atoms with E-state index in [0.29, 0.717) is 0 Å². The van der Waals surface area contributed by atoms with Gasteiger partial charge in [0.1, 0.15) is 5.69 Å². The van der Waals surface area contributed by atoms with E-state index in [1.165, 1.54) is 12.6 Å². The summed E-state index contributed by atoms with van der Waals surface area (Å²) in [7, 11) is 6.31. The molecule has 1 rings (SSSR count). The van der Waals surface area contributed by atoms with Gasteiger partial charge in [-0.15, -0.1) is 0 Å². The van der Waals surface area contributed by atoms with Gasteiger partial charge in [-0.2, -0.15) is 0 Å². The molecule has 0 aliphatic rings. The van der Waals surface area contributed by atoms with Crippen molar-refractivity contribution in [2.75, 3.05) is 26.5 Å². The molecule has 0 saturated carbocycles. The third-order valence-electron chi connectivity index (χ3n) is 1.96. The Morgan fingerprint density at radius 1 is 1.13 bits per heavy atom. The van der Waals surface area contributed by atoms with Crippen molar-refractivity contribution in [1.29, 1.82) is 0 Å². The van der Waals surface area contributed by atoms with Crippen LogP contribution in [0.15, 0.2) is 24.3 Å². The molecular formula is C11H17IN2O. The normalized spacial score (nSPS) is 10.4. The molecule has 0 aliphatic heterocycles. The Morgan fingerprint density at radius 2 is 1.60 bits per heavy atom. The summed E-state index contributed by atoms with van der Waals surface area (Å²) in [5.41, 5.74) is 2.05. The van der Waals surface area contributed by atoms with Crippen LogP contribution in [0, 0.1) is 0 Å². The molecule has 0 fully saturated rings. The second-order valence-electron chi connectivity index (χ2n) is 4.24. The SMILES string of the molecule is CC(=O)Nc1ccc([N+](C)(C)C)cc1.[I-]. The Kier molecular flexibility index (Phi) is 5.23. The lowest BCUT2D eigenvalue weighted by atomic mass is 10.2. The molecule has 0 bridgehead atoms. The number of quaternary nitrogens is 1. The smallest absolute Gasteiger partial charge is 0.221 e. The fourth-order valence-corrected chi connectivity index (χ4v) is 1.20. The van der Waals surface area contributed by atoms with Crippen LogP contribution in [0.25, 0.3) is 0 Å². The molecule has 4 heteroatoms. The number of hydrogen-bond donors (Lipinski definition) is 1. The van der Waals surface area contributed by atoms with Crippen molar-refractivity contribution in [3.63, 3.8) is 0 Å². The summed E-state index contributed by atoms with van der Waals surface area (Å²) >= 11 is 0. The van der Waals surface area contributed by atoms with E-state index in [9.17, 15) is 4.79 Å². The summed E-state index contributed by atoms with van der Waals surface area (Å²) in [5.74, 6) is -0.0389. The lowest BCUT2D eigenvalue weighted by Crippen LogP contribution is -3.00. The van der Waals surface area contributed by atoms with Gasteiger partial charge in [-0.3, -0.25) is 9.28 Å². The quantitative estimate of drug-likeness (QED) is 0.541. The minimum absolute atomic E-state index is 0. The highest BCUT2D eigenvalue weighted by molar-refractivity contribution is 5.88. The number of halogens is 1. The molecule has 0 radical (unpaired) electrons. The number of nitrogens with zero attached hydrogens (tertiary/aromatic N) is 1. The molecule has 0 aliphatic carbocycles. The standard InChI is InChI=1S/C11H16N2O.HI/c1-9(14)12-10-5-7-11(8-6-10)13(2,3)4;/h5-8H,1-4H3;1H. The zero-order chi connectivity index (χ0) is 10.8. The van der Waals surface area contributed by atoms with E-state index in [4.69, 9.17) is 0 Å². The highest BCUT2D eigenvalue weighted by atomic mass is 127. The minimum atomic E-state index is -0.0389. The number of benzene rings is 1. The average molecular weight is 320 g/mol. The first kappa shape index (κ1) is 14.4. The van der Waals surface area contributed by atoms with Crippen molar-refractivity contribution in [2.24, 2.45) is 0 Å². The summed E-state index contributed by atoms with van der Waals surface area (Å²) < 4.78 is 0.778. The van der Waals surface area contributed by atoms with Crippen molar-refractivity contribution < 1.29 is 28.8 Å². The summed E-state index contributed by atoms with van der Waals surface area (Å²) in [6.45, 7) is 1.51. The first-order valence-corrected chi connectivity index (χ1v) is 4.59. The van der Waals surface area contributed by atoms with Gasteiger partial charge in [0.2, 0.25) is 5.91 Å². The number of hydrogen-bond acceptors (Lipinski definition) is 1. The van der Waals surface area contributed by atoms with Crippen LogP contribution in [-0.2, 0) is 4.79 Å². The summed E-state index contributed by atoms with van der Waals surface area (Å²) in [6, 6.07) is 7.87. The number of amides is 1. The molecule has 15 heavy (non-hydrogen) atoms. The van der Waals surface area contributed by atoms with Crippen molar-refractivity contribution in [1.82, 2.24) is 4.48 Å². The third kappa shape index (κ3) is 4.61. The van der Waals surface area contributed by atoms with Gasteiger partial charge in [0.25, 0.3) is 0 Å². The second-order valence-corrected chi connectivity index (χ2v) is 4.24. The Hall–Kier alpha value is -0.620. The Morgan fingerprint density at radius 3 is 1.93 bits per heavy atom. The molecule has 0 unspecified atom stereocenters. The van der Waals surface area contributed by atoms with Gasteiger partial charge in [-0.1, -0.05) is 0 Å². The monoisotopic (exact) mass is 320 g/mol. The Bertz CT molecular complexity index is 327. The maximum Gasteiger partial charge on any atom is 0.221 e. The molecule has 1 aromatic rings. The van der Waals surface area contributed by atoms with Gasteiger partial charge in [0, 0.05) is 24.7 Å². The van der Waals surface area contributed by atoms with E-state index < -0.39 is 0 Å². The first-order chi connectivity index (χ1) is 6.39. The van der Waals surface area contributed by atoms with E-state index in [1.807, 2.05) is 24.3 Å². The average Bonchev–Trinajstić information content (AvgIpc) is 2.02. The predicted molar refractivity (Wildman–Crippen MR) is 60.3 cm³/mol. The Balaban J connectivity index is 0.00000196. The fraction of sp³-hybridized carbons (Fsp3) is 0.364. The van der Waals surface area contributed by atoms with Crippen molar-refractivity contribution in [3.05, 3.63) is 24.3 Å². The lowest BCUT2D eigenvalue weighted by Gasteiger charge is -2.23. The van der Waals surface area contributed by atoms with Crippen LogP contribution in [-0.4, -0.2) is 27.1 Å². The zero-order valence-electron chi connectivity index (χ0n) is 9.54. The van der Waals surface area contributed by atoms with Gasteiger partial charge < -0.3 is 29.3 Å². The van der Waals surface area contributed by atoms with Crippen molar-refractivity contribution in [2.45, 2.75) is 6.92 Å². The van der Waals surface area contributed by atoms with Crippen LogP contribution < -0.4 is 33.8 Å². The maximum atomic E-state index is 10.8. The molecule has 0 atom stereocenters. The first-order valence-electron chi connectivity index (χ1n) is 4.59. The molecule has 0 aromatic heterocycles. The Labute approximate surface area is 108 Å². The lowest BCUT2D eigenvalue weighted by molar-refractivity contribution is -0.114. The highest BCUT2D eigenvalue weighted by Crippen LogP contribution is 2.19. The molecule has 1 amide bonds. The summed E-state index contributed by atoms with van der Waals surface area (Å²) in [5, 5.41) is 2.74. The molecule has 1 N–H and O–H groups in total. The summed E-state index contributed by atoms with van der Waals surface area (Å²) in [4.78, 5) is 10.8. The van der Waals surface area contributed by atoms with Gasteiger partial charge in [-0.05, 0) is 12.1 Å². The van der Waals surface area contributed by atoms with Crippen LogP contribution in [0.2, 0.25) is 0 Å². The van der Waals surface area contributed by atoms with E-state index in [1.54, 1.807) is 0 Å². The fourth-order valence-electron chi connectivity index (χ4n) is 1.20. The minimum Gasteiger partial charge on any atom is -1.00 e. The van der Waals surface area contributed by atoms with Crippen LogP contribution in [0.5, 0.6) is 0 Å². The number of carbonyl (C=O) groups is 1. The second kappa shape index (κ2) is 5.46. The molecule has 3 nitrogen and oxygen atoms in total. The van der Waals surface area contributed by atoms with E-state index in [-0.39, 0.29) is 29.9 Å². The van der Waals surface area contributed by atoms with Gasteiger partial charge in [0.05, 0.1) is 21.1 Å². The highest BCUT2D eigenvalue weighted by Gasteiger charge is 2.10. The van der Waals surface area contributed by atoms with Crippen molar-refractivity contribution >= 4 is 17.3 Å². The van der Waals surface area contributed by atoms with E-state index >= 15 is 0 Å². The molecule has 1 aromatic carbocycles. The zero-order valence-corrected chi connectivity index (χ0v) is 11.7. The predicted octanol–water partition coefficient (Wildman–Crippen LogP) is -1.15. The van der Waals surface area contributed by atoms with Gasteiger partial charge in [0.15, 0.2) is 0 Å². The number of carbonyl (C=O) groups excluding carboxylic acids is 1. The molecule has 0 heterocycles. The van der Waals surface area contributed by atoms with Crippen LogP contribution in [0.1, 0.15) is 6.92 Å². The van der Waals surface area contributed by atoms with Crippen LogP contribution in [0.4, 0.5) is 11.4 Å². The molecule has 84 valence electrons. The van der Waals surface area contributed by atoms with Crippen LogP contribution in [0.3, 0.4) is 0 Å². The number of nitrogens with one attached hydrogen (secondary N) is 1. The van der Waals surface area contributed by atoms with E-state index in [2.05, 4.69) is 26.5 Å². The molecular weight excluding hydrogens is 303 g/mol. The van der Waals surface area contributed by atoms with Crippen molar-refractivity contribution in [3.8, 4) is 0 Å². The van der Waals surface area contributed by atoms with E-state index in [0.717, 1.165) is 10.2 Å². The largest absolute Gasteiger partial charge is 1.00 e. The van der Waals surface area contributed by atoms with Gasteiger partial charge >= 0.3 is 0 Å². The summed E-state index contributed by atoms with van der Waals surface area (Å²) in [6.07, 6.45) is 0. The third-order valence-corrected chi connectivity index (χ3v) is 1.96. The van der Waals surface area contributed by atoms with Crippen LogP contribution >= 0.6 is 0 Å². The van der Waals surface area contributed by atoms with Gasteiger partial charge in [-0.25, -0.2) is 0 Å². The molecule has 0 spiro atoms. The maximum absolute atomic E-state index is 10.8.